The summed E-state index contributed by atoms with van der Waals surface area (Å²) in [5.74, 6) is 0.917. The topological polar surface area (TPSA) is 67.4 Å². The molecule has 1 heterocycles. The van der Waals surface area contributed by atoms with Gasteiger partial charge in [-0.2, -0.15) is 11.8 Å². The van der Waals surface area contributed by atoms with E-state index in [1.807, 2.05) is 49.6 Å². The second-order valence-corrected chi connectivity index (χ2v) is 6.85. The lowest BCUT2D eigenvalue weighted by Gasteiger charge is -2.25. The summed E-state index contributed by atoms with van der Waals surface area (Å²) in [6.07, 6.45) is 1.17. The Labute approximate surface area is 151 Å². The van der Waals surface area contributed by atoms with Crippen LogP contribution in [-0.2, 0) is 15.3 Å². The quantitative estimate of drug-likeness (QED) is 0.859. The number of hydrogen-bond acceptors (Lipinski definition) is 4. The summed E-state index contributed by atoms with van der Waals surface area (Å²) in [5.41, 5.74) is 3.54. The number of amides is 2. The lowest BCUT2D eigenvalue weighted by molar-refractivity contribution is -0.128. The summed E-state index contributed by atoms with van der Waals surface area (Å²) in [5, 5.41) is 5.63. The molecule has 130 valence electrons. The van der Waals surface area contributed by atoms with Crippen LogP contribution in [0, 0.1) is 6.92 Å². The van der Waals surface area contributed by atoms with Crippen LogP contribution in [0.5, 0.6) is 5.75 Å². The van der Waals surface area contributed by atoms with Gasteiger partial charge in [0, 0.05) is 11.4 Å². The van der Waals surface area contributed by atoms with Crippen molar-refractivity contribution in [3.05, 3.63) is 53.6 Å². The van der Waals surface area contributed by atoms with Crippen molar-refractivity contribution < 1.29 is 14.3 Å². The van der Waals surface area contributed by atoms with Crippen molar-refractivity contribution >= 4 is 35.0 Å². The molecule has 2 N–H and O–H groups in total. The number of thioether (sulfide) groups is 1. The summed E-state index contributed by atoms with van der Waals surface area (Å²) in [4.78, 5) is 24.5. The fraction of sp³-hybridized carbons (Fsp3) is 0.263. The van der Waals surface area contributed by atoms with Crippen LogP contribution < -0.4 is 15.4 Å². The van der Waals surface area contributed by atoms with E-state index in [2.05, 4.69) is 10.6 Å². The molecule has 0 spiro atoms. The number of aryl methyl sites for hydroxylation is 1. The number of anilines is 2. The SMILES string of the molecule is CSCc1cccc(NC(=O)CC2Oc3ccc(C)cc3NC2=O)c1. The number of carbonyl (C=O) groups excluding carboxylic acids is 2. The molecule has 1 aliphatic rings. The Balaban J connectivity index is 1.64. The number of hydrogen-bond donors (Lipinski definition) is 2. The van der Waals surface area contributed by atoms with Gasteiger partial charge in [-0.1, -0.05) is 18.2 Å². The number of nitrogens with one attached hydrogen (secondary N) is 2. The normalized spacial score (nSPS) is 15.8. The van der Waals surface area contributed by atoms with Gasteiger partial charge in [0.25, 0.3) is 5.91 Å². The van der Waals surface area contributed by atoms with Crippen molar-refractivity contribution in [1.29, 1.82) is 0 Å². The highest BCUT2D eigenvalue weighted by molar-refractivity contribution is 7.97. The van der Waals surface area contributed by atoms with E-state index < -0.39 is 6.10 Å². The number of carbonyl (C=O) groups is 2. The highest BCUT2D eigenvalue weighted by Crippen LogP contribution is 2.31. The van der Waals surface area contributed by atoms with Gasteiger partial charge in [-0.3, -0.25) is 9.59 Å². The molecule has 1 atom stereocenters. The van der Waals surface area contributed by atoms with Gasteiger partial charge in [-0.05, 0) is 48.6 Å². The fourth-order valence-electron chi connectivity index (χ4n) is 2.68. The summed E-state index contributed by atoms with van der Waals surface area (Å²) in [6, 6.07) is 13.3. The summed E-state index contributed by atoms with van der Waals surface area (Å²) >= 11 is 1.72. The van der Waals surface area contributed by atoms with Gasteiger partial charge in [0.2, 0.25) is 5.91 Å². The Bertz CT molecular complexity index is 807. The minimum atomic E-state index is -0.829. The largest absolute Gasteiger partial charge is 0.478 e. The molecular formula is C19H20N2O3S. The zero-order chi connectivity index (χ0) is 17.8. The number of rotatable bonds is 5. The third-order valence-electron chi connectivity index (χ3n) is 3.85. The van der Waals surface area contributed by atoms with Gasteiger partial charge >= 0.3 is 0 Å². The molecule has 1 aliphatic heterocycles. The van der Waals surface area contributed by atoms with Crippen LogP contribution in [-0.4, -0.2) is 24.2 Å². The average molecular weight is 356 g/mol. The van der Waals surface area contributed by atoms with E-state index in [1.54, 1.807) is 17.8 Å². The minimum Gasteiger partial charge on any atom is -0.478 e. The van der Waals surface area contributed by atoms with Crippen molar-refractivity contribution in [3.8, 4) is 5.75 Å². The molecule has 0 fully saturated rings. The van der Waals surface area contributed by atoms with E-state index in [4.69, 9.17) is 4.74 Å². The molecule has 6 heteroatoms. The predicted octanol–water partition coefficient (Wildman–Crippen LogP) is 3.59. The maximum absolute atomic E-state index is 12.3. The molecule has 0 aliphatic carbocycles. The second kappa shape index (κ2) is 7.61. The first kappa shape index (κ1) is 17.4. The van der Waals surface area contributed by atoms with Gasteiger partial charge in [0.05, 0.1) is 12.1 Å². The van der Waals surface area contributed by atoms with Gasteiger partial charge < -0.3 is 15.4 Å². The molecule has 0 saturated heterocycles. The zero-order valence-corrected chi connectivity index (χ0v) is 15.0. The molecule has 0 aromatic heterocycles. The van der Waals surface area contributed by atoms with E-state index in [1.165, 1.54) is 0 Å². The lowest BCUT2D eigenvalue weighted by atomic mass is 10.1. The summed E-state index contributed by atoms with van der Waals surface area (Å²) in [7, 11) is 0. The van der Waals surface area contributed by atoms with Crippen LogP contribution in [0.3, 0.4) is 0 Å². The third kappa shape index (κ3) is 4.33. The molecule has 0 radical (unpaired) electrons. The van der Waals surface area contributed by atoms with Crippen molar-refractivity contribution in [2.24, 2.45) is 0 Å². The summed E-state index contributed by atoms with van der Waals surface area (Å²) < 4.78 is 5.69. The van der Waals surface area contributed by atoms with Gasteiger partial charge in [-0.15, -0.1) is 0 Å². The highest BCUT2D eigenvalue weighted by atomic mass is 32.2. The Morgan fingerprint density at radius 1 is 1.28 bits per heavy atom. The molecule has 2 aromatic carbocycles. The Morgan fingerprint density at radius 2 is 2.12 bits per heavy atom. The van der Waals surface area contributed by atoms with Crippen molar-refractivity contribution in [2.75, 3.05) is 16.9 Å². The Hall–Kier alpha value is -2.47. The third-order valence-corrected chi connectivity index (χ3v) is 4.47. The molecule has 5 nitrogen and oxygen atoms in total. The molecule has 2 amide bonds. The Morgan fingerprint density at radius 3 is 2.92 bits per heavy atom. The van der Waals surface area contributed by atoms with Crippen molar-refractivity contribution in [2.45, 2.75) is 25.2 Å². The smallest absolute Gasteiger partial charge is 0.266 e. The van der Waals surface area contributed by atoms with Crippen molar-refractivity contribution in [3.63, 3.8) is 0 Å². The highest BCUT2D eigenvalue weighted by Gasteiger charge is 2.29. The summed E-state index contributed by atoms with van der Waals surface area (Å²) in [6.45, 7) is 1.94. The maximum Gasteiger partial charge on any atom is 0.266 e. The van der Waals surface area contributed by atoms with E-state index in [9.17, 15) is 9.59 Å². The monoisotopic (exact) mass is 356 g/mol. The zero-order valence-electron chi connectivity index (χ0n) is 14.2. The second-order valence-electron chi connectivity index (χ2n) is 5.98. The Kier molecular flexibility index (Phi) is 5.28. The first-order valence-electron chi connectivity index (χ1n) is 8.01. The molecular weight excluding hydrogens is 336 g/mol. The lowest BCUT2D eigenvalue weighted by Crippen LogP contribution is -2.39. The van der Waals surface area contributed by atoms with E-state index >= 15 is 0 Å². The number of benzene rings is 2. The minimum absolute atomic E-state index is 0.0358. The average Bonchev–Trinajstić information content (AvgIpc) is 2.56. The van der Waals surface area contributed by atoms with Crippen molar-refractivity contribution in [1.82, 2.24) is 0 Å². The van der Waals surface area contributed by atoms with Crippen LogP contribution in [0.4, 0.5) is 11.4 Å². The van der Waals surface area contributed by atoms with Crippen LogP contribution >= 0.6 is 11.8 Å². The predicted molar refractivity (Wildman–Crippen MR) is 101 cm³/mol. The molecule has 1 unspecified atom stereocenters. The van der Waals surface area contributed by atoms with Crippen LogP contribution in [0.2, 0.25) is 0 Å². The number of fused-ring (bicyclic) bond motifs is 1. The first-order valence-corrected chi connectivity index (χ1v) is 9.40. The van der Waals surface area contributed by atoms with Gasteiger partial charge in [0.1, 0.15) is 5.75 Å². The number of ether oxygens (including phenoxy) is 1. The van der Waals surface area contributed by atoms with E-state index in [0.717, 1.165) is 22.6 Å². The van der Waals surface area contributed by atoms with Crippen LogP contribution in [0.25, 0.3) is 0 Å². The van der Waals surface area contributed by atoms with Crippen LogP contribution in [0.15, 0.2) is 42.5 Å². The standard InChI is InChI=1S/C19H20N2O3S/c1-12-6-7-16-15(8-12)21-19(23)17(24-16)10-18(22)20-14-5-3-4-13(9-14)11-25-2/h3-9,17H,10-11H2,1-2H3,(H,20,22)(H,21,23). The first-order chi connectivity index (χ1) is 12.0. The van der Waals surface area contributed by atoms with Crippen LogP contribution in [0.1, 0.15) is 17.5 Å². The molecule has 0 bridgehead atoms. The maximum atomic E-state index is 12.3. The van der Waals surface area contributed by atoms with Gasteiger partial charge in [0.15, 0.2) is 6.10 Å². The van der Waals surface area contributed by atoms with E-state index in [-0.39, 0.29) is 18.2 Å². The van der Waals surface area contributed by atoms with E-state index in [0.29, 0.717) is 11.4 Å². The molecule has 3 rings (SSSR count). The van der Waals surface area contributed by atoms with Gasteiger partial charge in [-0.25, -0.2) is 0 Å². The fourth-order valence-corrected chi connectivity index (χ4v) is 3.20. The molecule has 2 aromatic rings. The molecule has 25 heavy (non-hydrogen) atoms. The molecule has 0 saturated carbocycles.